The third-order valence-electron chi connectivity index (χ3n) is 3.35. The summed E-state index contributed by atoms with van der Waals surface area (Å²) >= 11 is 0. The molecule has 1 aromatic carbocycles. The monoisotopic (exact) mass is 316 g/mol. The van der Waals surface area contributed by atoms with E-state index in [1.165, 1.54) is 0 Å². The molecule has 0 amide bonds. The molecule has 23 heavy (non-hydrogen) atoms. The van der Waals surface area contributed by atoms with Gasteiger partial charge in [-0.25, -0.2) is 0 Å². The Morgan fingerprint density at radius 2 is 1.65 bits per heavy atom. The molecule has 6 nitrogen and oxygen atoms in total. The Kier molecular flexibility index (Phi) is 5.91. The number of hydrogen-bond donors (Lipinski definition) is 0. The minimum atomic E-state index is -1.11. The molecule has 0 bridgehead atoms. The van der Waals surface area contributed by atoms with E-state index in [-0.39, 0.29) is 13.2 Å². The lowest BCUT2D eigenvalue weighted by molar-refractivity contribution is -0.163. The van der Waals surface area contributed by atoms with E-state index in [4.69, 9.17) is 9.47 Å². The van der Waals surface area contributed by atoms with Crippen LogP contribution in [-0.2, 0) is 19.1 Å². The van der Waals surface area contributed by atoms with Crippen LogP contribution in [0.2, 0.25) is 0 Å². The first-order chi connectivity index (χ1) is 11.2. The Bertz CT molecular complexity index is 607. The van der Waals surface area contributed by atoms with E-state index in [1.807, 2.05) is 30.3 Å². The van der Waals surface area contributed by atoms with Crippen LogP contribution in [0.3, 0.4) is 0 Å². The lowest BCUT2D eigenvalue weighted by Crippen LogP contribution is -2.36. The van der Waals surface area contributed by atoms with Crippen LogP contribution in [-0.4, -0.2) is 34.9 Å². The van der Waals surface area contributed by atoms with Crippen LogP contribution < -0.4 is 0 Å². The zero-order valence-electron chi connectivity index (χ0n) is 13.2. The van der Waals surface area contributed by atoms with E-state index in [2.05, 4.69) is 5.10 Å². The number of ether oxygens (including phenoxy) is 2. The third-order valence-corrected chi connectivity index (χ3v) is 3.35. The first-order valence-corrected chi connectivity index (χ1v) is 7.56. The molecule has 6 heteroatoms. The van der Waals surface area contributed by atoms with Crippen LogP contribution >= 0.6 is 0 Å². The summed E-state index contributed by atoms with van der Waals surface area (Å²) < 4.78 is 11.8. The fraction of sp³-hybridized carbons (Fsp3) is 0.353. The van der Waals surface area contributed by atoms with Crippen molar-refractivity contribution in [3.8, 4) is 0 Å². The molecular formula is C17H20N2O4. The molecule has 1 heterocycles. The minimum Gasteiger partial charge on any atom is -0.465 e. The summed E-state index contributed by atoms with van der Waals surface area (Å²) in [5.74, 6) is -2.34. The van der Waals surface area contributed by atoms with Gasteiger partial charge in [0.15, 0.2) is 5.92 Å². The summed E-state index contributed by atoms with van der Waals surface area (Å²) in [7, 11) is 0. The fourth-order valence-electron chi connectivity index (χ4n) is 2.41. The predicted molar refractivity (Wildman–Crippen MR) is 83.6 cm³/mol. The van der Waals surface area contributed by atoms with Crippen molar-refractivity contribution in [3.63, 3.8) is 0 Å². The van der Waals surface area contributed by atoms with Crippen molar-refractivity contribution in [2.45, 2.75) is 19.9 Å². The van der Waals surface area contributed by atoms with Crippen LogP contribution in [0.1, 0.15) is 25.5 Å². The van der Waals surface area contributed by atoms with Gasteiger partial charge in [-0.2, -0.15) is 5.10 Å². The Morgan fingerprint density at radius 3 is 2.13 bits per heavy atom. The Morgan fingerprint density at radius 1 is 1.04 bits per heavy atom. The van der Waals surface area contributed by atoms with Gasteiger partial charge in [-0.05, 0) is 25.5 Å². The van der Waals surface area contributed by atoms with Gasteiger partial charge in [0.2, 0.25) is 0 Å². The average molecular weight is 316 g/mol. The summed E-state index contributed by atoms with van der Waals surface area (Å²) in [5, 5.41) is 4.20. The van der Waals surface area contributed by atoms with Crippen molar-refractivity contribution in [2.24, 2.45) is 5.92 Å². The summed E-state index contributed by atoms with van der Waals surface area (Å²) in [6.45, 7) is 3.78. The van der Waals surface area contributed by atoms with Crippen molar-refractivity contribution >= 4 is 11.9 Å². The largest absolute Gasteiger partial charge is 0.465 e. The van der Waals surface area contributed by atoms with E-state index in [0.717, 1.165) is 5.56 Å². The van der Waals surface area contributed by atoms with Crippen LogP contribution in [0.25, 0.3) is 0 Å². The van der Waals surface area contributed by atoms with Gasteiger partial charge in [-0.1, -0.05) is 30.3 Å². The Labute approximate surface area is 135 Å². The lowest BCUT2D eigenvalue weighted by atomic mass is 9.93. The van der Waals surface area contributed by atoms with Crippen molar-refractivity contribution in [2.75, 3.05) is 13.2 Å². The number of esters is 2. The highest BCUT2D eigenvalue weighted by molar-refractivity contribution is 5.96. The molecule has 0 saturated carbocycles. The molecule has 0 unspecified atom stereocenters. The quantitative estimate of drug-likeness (QED) is 0.578. The molecule has 1 atom stereocenters. The molecule has 0 spiro atoms. The number of hydrogen-bond acceptors (Lipinski definition) is 5. The van der Waals surface area contributed by atoms with Gasteiger partial charge in [0.05, 0.1) is 13.2 Å². The van der Waals surface area contributed by atoms with Crippen LogP contribution in [0, 0.1) is 5.92 Å². The van der Waals surface area contributed by atoms with Crippen molar-refractivity contribution in [3.05, 3.63) is 54.4 Å². The van der Waals surface area contributed by atoms with Gasteiger partial charge in [0, 0.05) is 12.4 Å². The van der Waals surface area contributed by atoms with Crippen LogP contribution in [0.4, 0.5) is 0 Å². The lowest BCUT2D eigenvalue weighted by Gasteiger charge is -2.25. The number of carbonyl (C=O) groups excluding carboxylic acids is 2. The molecule has 0 saturated heterocycles. The molecule has 0 N–H and O–H groups in total. The summed E-state index contributed by atoms with van der Waals surface area (Å²) in [6, 6.07) is 10.4. The number of nitrogens with zero attached hydrogens (tertiary/aromatic N) is 2. The SMILES string of the molecule is CCOC(=O)C(C(=O)OCC)[C@H](c1ccccc1)n1cccn1. The van der Waals surface area contributed by atoms with Crippen LogP contribution in [0.15, 0.2) is 48.8 Å². The van der Waals surface area contributed by atoms with Gasteiger partial charge in [0.1, 0.15) is 6.04 Å². The molecule has 0 radical (unpaired) electrons. The predicted octanol–water partition coefficient (Wildman–Crippen LogP) is 2.21. The van der Waals surface area contributed by atoms with Crippen molar-refractivity contribution in [1.29, 1.82) is 0 Å². The molecule has 2 rings (SSSR count). The average Bonchev–Trinajstić information content (AvgIpc) is 3.07. The molecule has 2 aromatic rings. The maximum absolute atomic E-state index is 12.4. The number of carbonyl (C=O) groups is 2. The highest BCUT2D eigenvalue weighted by atomic mass is 16.6. The number of rotatable bonds is 7. The summed E-state index contributed by atoms with van der Waals surface area (Å²) in [6.07, 6.45) is 3.31. The van der Waals surface area contributed by atoms with Gasteiger partial charge < -0.3 is 9.47 Å². The summed E-state index contributed by atoms with van der Waals surface area (Å²) in [5.41, 5.74) is 0.780. The smallest absolute Gasteiger partial charge is 0.322 e. The van der Waals surface area contributed by atoms with Gasteiger partial charge >= 0.3 is 11.9 Å². The van der Waals surface area contributed by atoms with E-state index in [9.17, 15) is 9.59 Å². The highest BCUT2D eigenvalue weighted by Gasteiger charge is 2.40. The maximum atomic E-state index is 12.4. The molecule has 1 aromatic heterocycles. The normalized spacial score (nSPS) is 12.0. The number of benzene rings is 1. The zero-order valence-corrected chi connectivity index (χ0v) is 13.2. The van der Waals surface area contributed by atoms with Crippen molar-refractivity contribution in [1.82, 2.24) is 9.78 Å². The first kappa shape index (κ1) is 16.7. The third kappa shape index (κ3) is 3.97. The van der Waals surface area contributed by atoms with Gasteiger partial charge in [-0.15, -0.1) is 0 Å². The summed E-state index contributed by atoms with van der Waals surface area (Å²) in [4.78, 5) is 24.8. The topological polar surface area (TPSA) is 70.4 Å². The van der Waals surface area contributed by atoms with E-state index >= 15 is 0 Å². The maximum Gasteiger partial charge on any atom is 0.322 e. The van der Waals surface area contributed by atoms with E-state index in [0.29, 0.717) is 0 Å². The van der Waals surface area contributed by atoms with E-state index < -0.39 is 23.9 Å². The first-order valence-electron chi connectivity index (χ1n) is 7.56. The molecule has 0 aliphatic carbocycles. The second kappa shape index (κ2) is 8.12. The molecule has 0 fully saturated rings. The standard InChI is InChI=1S/C17H20N2O4/c1-3-22-16(20)14(17(21)23-4-2)15(19-12-8-11-18-19)13-9-6-5-7-10-13/h5-12,14-15H,3-4H2,1-2H3/t15-/m0/s1. The molecular weight excluding hydrogens is 296 g/mol. The van der Waals surface area contributed by atoms with Gasteiger partial charge in [-0.3, -0.25) is 14.3 Å². The minimum absolute atomic E-state index is 0.190. The van der Waals surface area contributed by atoms with E-state index in [1.54, 1.807) is 37.0 Å². The Hall–Kier alpha value is -2.63. The second-order valence-corrected chi connectivity index (χ2v) is 4.82. The second-order valence-electron chi connectivity index (χ2n) is 4.82. The van der Waals surface area contributed by atoms with Gasteiger partial charge in [0.25, 0.3) is 0 Å². The fourth-order valence-corrected chi connectivity index (χ4v) is 2.41. The molecule has 0 aliphatic rings. The van der Waals surface area contributed by atoms with Crippen LogP contribution in [0.5, 0.6) is 0 Å². The zero-order chi connectivity index (χ0) is 16.7. The number of aromatic nitrogens is 2. The Balaban J connectivity index is 2.47. The molecule has 122 valence electrons. The molecule has 0 aliphatic heterocycles. The van der Waals surface area contributed by atoms with Crippen molar-refractivity contribution < 1.29 is 19.1 Å². The highest BCUT2D eigenvalue weighted by Crippen LogP contribution is 2.28.